The zero-order chi connectivity index (χ0) is 9.26. The second-order valence-corrected chi connectivity index (χ2v) is 2.85. The van der Waals surface area contributed by atoms with Gasteiger partial charge in [-0.3, -0.25) is 4.99 Å². The first-order valence-corrected chi connectivity index (χ1v) is 4.12. The van der Waals surface area contributed by atoms with Crippen LogP contribution in [0.2, 0.25) is 0 Å². The summed E-state index contributed by atoms with van der Waals surface area (Å²) in [4.78, 5) is 4.22. The molecule has 0 unspecified atom stereocenters. The molecule has 13 heavy (non-hydrogen) atoms. The van der Waals surface area contributed by atoms with Crippen LogP contribution in [0, 0.1) is 0 Å². The minimum Gasteiger partial charge on any atom is -0.493 e. The summed E-state index contributed by atoms with van der Waals surface area (Å²) < 4.78 is 10.3. The van der Waals surface area contributed by atoms with Gasteiger partial charge in [0.25, 0.3) is 0 Å². The Bertz CT molecular complexity index is 358. The molecule has 0 amide bonds. The summed E-state index contributed by atoms with van der Waals surface area (Å²) in [6.07, 6.45) is 2.78. The van der Waals surface area contributed by atoms with Crippen molar-refractivity contribution in [3.63, 3.8) is 0 Å². The number of fused-ring (bicyclic) bond motifs is 1. The summed E-state index contributed by atoms with van der Waals surface area (Å²) in [7, 11) is 3.27. The molecule has 0 N–H and O–H groups in total. The second-order valence-electron chi connectivity index (χ2n) is 2.85. The third-order valence-electron chi connectivity index (χ3n) is 2.13. The lowest BCUT2D eigenvalue weighted by atomic mass is 10.1. The molecule has 3 heteroatoms. The van der Waals surface area contributed by atoms with E-state index >= 15 is 0 Å². The van der Waals surface area contributed by atoms with Crippen LogP contribution in [0.3, 0.4) is 0 Å². The first kappa shape index (κ1) is 8.10. The highest BCUT2D eigenvalue weighted by Crippen LogP contribution is 2.36. The van der Waals surface area contributed by atoms with Crippen LogP contribution in [-0.4, -0.2) is 20.4 Å². The second kappa shape index (κ2) is 3.09. The van der Waals surface area contributed by atoms with E-state index < -0.39 is 0 Å². The van der Waals surface area contributed by atoms with Gasteiger partial charge in [-0.2, -0.15) is 0 Å². The SMILES string of the molecule is COc1cc2c(cc1OC)N=CC2. The van der Waals surface area contributed by atoms with Gasteiger partial charge in [0.2, 0.25) is 0 Å². The number of rotatable bonds is 2. The summed E-state index contributed by atoms with van der Waals surface area (Å²) in [5.41, 5.74) is 2.18. The van der Waals surface area contributed by atoms with Crippen molar-refractivity contribution < 1.29 is 9.47 Å². The lowest BCUT2D eigenvalue weighted by Gasteiger charge is -2.08. The molecule has 1 aromatic rings. The maximum atomic E-state index is 5.18. The van der Waals surface area contributed by atoms with Crippen LogP contribution in [-0.2, 0) is 6.42 Å². The van der Waals surface area contributed by atoms with Gasteiger partial charge in [0.1, 0.15) is 0 Å². The summed E-state index contributed by atoms with van der Waals surface area (Å²) >= 11 is 0. The summed E-state index contributed by atoms with van der Waals surface area (Å²) in [5, 5.41) is 0. The van der Waals surface area contributed by atoms with Crippen molar-refractivity contribution in [2.24, 2.45) is 4.99 Å². The van der Waals surface area contributed by atoms with Gasteiger partial charge in [0.05, 0.1) is 19.9 Å². The molecular weight excluding hydrogens is 166 g/mol. The first-order valence-electron chi connectivity index (χ1n) is 4.12. The van der Waals surface area contributed by atoms with Gasteiger partial charge < -0.3 is 9.47 Å². The molecule has 2 rings (SSSR count). The molecule has 3 nitrogen and oxygen atoms in total. The molecule has 0 saturated carbocycles. The largest absolute Gasteiger partial charge is 0.493 e. The van der Waals surface area contributed by atoms with Gasteiger partial charge in [-0.05, 0) is 11.6 Å². The lowest BCUT2D eigenvalue weighted by molar-refractivity contribution is 0.355. The monoisotopic (exact) mass is 177 g/mol. The summed E-state index contributed by atoms with van der Waals surface area (Å²) in [6, 6.07) is 3.87. The molecule has 68 valence electrons. The number of aliphatic imine (C=N–C) groups is 1. The Kier molecular flexibility index (Phi) is 1.93. The van der Waals surface area contributed by atoms with Crippen molar-refractivity contribution in [2.75, 3.05) is 14.2 Å². The fraction of sp³-hybridized carbons (Fsp3) is 0.300. The van der Waals surface area contributed by atoms with Crippen LogP contribution in [0.4, 0.5) is 5.69 Å². The quantitative estimate of drug-likeness (QED) is 0.691. The molecule has 0 spiro atoms. The highest BCUT2D eigenvalue weighted by Gasteiger charge is 2.12. The smallest absolute Gasteiger partial charge is 0.162 e. The Labute approximate surface area is 77.0 Å². The third kappa shape index (κ3) is 1.26. The average Bonchev–Trinajstić information content (AvgIpc) is 2.62. The number of methoxy groups -OCH3 is 2. The standard InChI is InChI=1S/C10H11NO2/c1-12-9-5-7-3-4-11-8(7)6-10(9)13-2/h4-6H,3H2,1-2H3. The Balaban J connectivity index is 2.51. The van der Waals surface area contributed by atoms with E-state index in [4.69, 9.17) is 9.47 Å². The zero-order valence-corrected chi connectivity index (χ0v) is 7.70. The predicted molar refractivity (Wildman–Crippen MR) is 51.4 cm³/mol. The van der Waals surface area contributed by atoms with E-state index in [2.05, 4.69) is 4.99 Å². The van der Waals surface area contributed by atoms with Crippen LogP contribution < -0.4 is 9.47 Å². The maximum Gasteiger partial charge on any atom is 0.162 e. The molecule has 0 bridgehead atoms. The van der Waals surface area contributed by atoms with Crippen LogP contribution in [0.25, 0.3) is 0 Å². The van der Waals surface area contributed by atoms with Crippen molar-refractivity contribution in [3.05, 3.63) is 17.7 Å². The molecule has 0 atom stereocenters. The average molecular weight is 177 g/mol. The van der Waals surface area contributed by atoms with Gasteiger partial charge in [-0.15, -0.1) is 0 Å². The number of hydrogen-bond donors (Lipinski definition) is 0. The maximum absolute atomic E-state index is 5.18. The molecule has 0 aliphatic carbocycles. The fourth-order valence-electron chi connectivity index (χ4n) is 1.44. The first-order chi connectivity index (χ1) is 6.35. The summed E-state index contributed by atoms with van der Waals surface area (Å²) in [5.74, 6) is 1.51. The van der Waals surface area contributed by atoms with Gasteiger partial charge in [0, 0.05) is 18.7 Å². The van der Waals surface area contributed by atoms with Gasteiger partial charge in [-0.25, -0.2) is 0 Å². The van der Waals surface area contributed by atoms with E-state index in [0.29, 0.717) is 0 Å². The Morgan fingerprint density at radius 1 is 1.15 bits per heavy atom. The number of nitrogens with zero attached hydrogens (tertiary/aromatic N) is 1. The molecule has 0 fully saturated rings. The highest BCUT2D eigenvalue weighted by molar-refractivity contribution is 5.77. The topological polar surface area (TPSA) is 30.8 Å². The van der Waals surface area contributed by atoms with Crippen molar-refractivity contribution >= 4 is 11.9 Å². The molecule has 1 heterocycles. The van der Waals surface area contributed by atoms with Crippen LogP contribution in [0.1, 0.15) is 5.56 Å². The lowest BCUT2D eigenvalue weighted by Crippen LogP contribution is -1.91. The number of hydrogen-bond acceptors (Lipinski definition) is 3. The highest BCUT2D eigenvalue weighted by atomic mass is 16.5. The van der Waals surface area contributed by atoms with Gasteiger partial charge in [0.15, 0.2) is 11.5 Å². The Hall–Kier alpha value is -1.51. The van der Waals surface area contributed by atoms with E-state index in [1.807, 2.05) is 18.3 Å². The number of benzene rings is 1. The molecule has 1 aliphatic rings. The number of ether oxygens (including phenoxy) is 2. The van der Waals surface area contributed by atoms with E-state index in [9.17, 15) is 0 Å². The molecule has 0 aromatic heterocycles. The predicted octanol–water partition coefficient (Wildman–Crippen LogP) is 1.96. The van der Waals surface area contributed by atoms with Crippen LogP contribution in [0.5, 0.6) is 11.5 Å². The molecule has 1 aliphatic heterocycles. The molecule has 1 aromatic carbocycles. The Morgan fingerprint density at radius 2 is 1.85 bits per heavy atom. The summed E-state index contributed by atoms with van der Waals surface area (Å²) in [6.45, 7) is 0. The molecule has 0 saturated heterocycles. The molecule has 0 radical (unpaired) electrons. The van der Waals surface area contributed by atoms with E-state index in [0.717, 1.165) is 23.6 Å². The fourth-order valence-corrected chi connectivity index (χ4v) is 1.44. The van der Waals surface area contributed by atoms with Gasteiger partial charge >= 0.3 is 0 Å². The van der Waals surface area contributed by atoms with E-state index in [1.54, 1.807) is 14.2 Å². The van der Waals surface area contributed by atoms with E-state index in [-0.39, 0.29) is 0 Å². The minimum atomic E-state index is 0.736. The normalized spacial score (nSPS) is 12.8. The van der Waals surface area contributed by atoms with Crippen LogP contribution in [0.15, 0.2) is 17.1 Å². The zero-order valence-electron chi connectivity index (χ0n) is 7.70. The van der Waals surface area contributed by atoms with E-state index in [1.165, 1.54) is 5.56 Å². The van der Waals surface area contributed by atoms with Crippen molar-refractivity contribution in [3.8, 4) is 11.5 Å². The van der Waals surface area contributed by atoms with Crippen molar-refractivity contribution in [1.82, 2.24) is 0 Å². The van der Waals surface area contributed by atoms with Crippen LogP contribution >= 0.6 is 0 Å². The minimum absolute atomic E-state index is 0.736. The molecular formula is C10H11NO2. The van der Waals surface area contributed by atoms with Crippen molar-refractivity contribution in [2.45, 2.75) is 6.42 Å². The third-order valence-corrected chi connectivity index (χ3v) is 2.13. The van der Waals surface area contributed by atoms with Gasteiger partial charge in [-0.1, -0.05) is 0 Å². The Morgan fingerprint density at radius 3 is 2.54 bits per heavy atom. The van der Waals surface area contributed by atoms with Crippen molar-refractivity contribution in [1.29, 1.82) is 0 Å².